The van der Waals surface area contributed by atoms with Crippen molar-refractivity contribution in [3.63, 3.8) is 0 Å². The Bertz CT molecular complexity index is 952. The number of likely N-dealkylation sites (tertiary alicyclic amines) is 1. The van der Waals surface area contributed by atoms with Crippen LogP contribution < -0.4 is 10.2 Å². The number of carbonyl (C=O) groups excluding carboxylic acids is 2. The van der Waals surface area contributed by atoms with E-state index in [1.807, 2.05) is 4.90 Å². The minimum absolute atomic E-state index is 0.0216. The van der Waals surface area contributed by atoms with Crippen LogP contribution >= 0.6 is 15.9 Å². The lowest BCUT2D eigenvalue weighted by molar-refractivity contribution is -0.139. The second-order valence-corrected chi connectivity index (χ2v) is 8.56. The standard InChI is InChI=1S/C23H26BrN3O4/c1-15-4-3-5-16(2)27(15)22(29)14-31-20-9-6-17(7-10-20)23(30)26-25-13-18-12-19(24)8-11-21(18)28/h6-13,15-16,28H,3-5,14H2,1-2H3,(H,26,30)/b25-13-/t15-,16-/m1/s1. The summed E-state index contributed by atoms with van der Waals surface area (Å²) in [6.07, 6.45) is 4.54. The Hall–Kier alpha value is -2.87. The van der Waals surface area contributed by atoms with E-state index in [-0.39, 0.29) is 30.3 Å². The van der Waals surface area contributed by atoms with Gasteiger partial charge in [0.15, 0.2) is 6.61 Å². The van der Waals surface area contributed by atoms with Gasteiger partial charge in [-0.2, -0.15) is 5.10 Å². The highest BCUT2D eigenvalue weighted by Crippen LogP contribution is 2.23. The van der Waals surface area contributed by atoms with Crippen molar-refractivity contribution in [3.05, 3.63) is 58.1 Å². The van der Waals surface area contributed by atoms with E-state index in [2.05, 4.69) is 40.3 Å². The molecule has 164 valence electrons. The molecule has 0 aromatic heterocycles. The zero-order valence-corrected chi connectivity index (χ0v) is 19.1. The van der Waals surface area contributed by atoms with Gasteiger partial charge in [-0.3, -0.25) is 9.59 Å². The molecule has 7 nitrogen and oxygen atoms in total. The number of piperidine rings is 1. The van der Waals surface area contributed by atoms with Gasteiger partial charge in [-0.15, -0.1) is 0 Å². The summed E-state index contributed by atoms with van der Waals surface area (Å²) in [4.78, 5) is 26.7. The van der Waals surface area contributed by atoms with Gasteiger partial charge in [-0.1, -0.05) is 15.9 Å². The first-order valence-corrected chi connectivity index (χ1v) is 11.0. The number of ether oxygens (including phenoxy) is 1. The summed E-state index contributed by atoms with van der Waals surface area (Å²) in [5, 5.41) is 13.7. The van der Waals surface area contributed by atoms with Gasteiger partial charge < -0.3 is 14.7 Å². The Labute approximate surface area is 190 Å². The Kier molecular flexibility index (Phi) is 7.68. The predicted molar refractivity (Wildman–Crippen MR) is 122 cm³/mol. The lowest BCUT2D eigenvalue weighted by Crippen LogP contribution is -2.49. The van der Waals surface area contributed by atoms with Crippen LogP contribution in [-0.2, 0) is 4.79 Å². The number of amides is 2. The van der Waals surface area contributed by atoms with E-state index in [1.54, 1.807) is 36.4 Å². The number of nitrogens with one attached hydrogen (secondary N) is 1. The summed E-state index contributed by atoms with van der Waals surface area (Å²) in [6, 6.07) is 11.9. The third kappa shape index (κ3) is 6.07. The fraction of sp³-hybridized carbons (Fsp3) is 0.348. The van der Waals surface area contributed by atoms with Gasteiger partial charge in [0.25, 0.3) is 11.8 Å². The third-order valence-corrected chi connectivity index (χ3v) is 5.81. The fourth-order valence-electron chi connectivity index (χ4n) is 3.69. The highest BCUT2D eigenvalue weighted by atomic mass is 79.9. The van der Waals surface area contributed by atoms with Crippen LogP contribution in [0, 0.1) is 0 Å². The van der Waals surface area contributed by atoms with Gasteiger partial charge in [-0.05, 0) is 75.6 Å². The van der Waals surface area contributed by atoms with Crippen LogP contribution in [0.25, 0.3) is 0 Å². The molecule has 1 heterocycles. The van der Waals surface area contributed by atoms with E-state index in [1.165, 1.54) is 12.3 Å². The van der Waals surface area contributed by atoms with E-state index < -0.39 is 5.91 Å². The maximum absolute atomic E-state index is 12.5. The second kappa shape index (κ2) is 10.4. The largest absolute Gasteiger partial charge is 0.507 e. The normalized spacial score (nSPS) is 18.7. The van der Waals surface area contributed by atoms with Crippen molar-refractivity contribution in [2.24, 2.45) is 5.10 Å². The number of aromatic hydroxyl groups is 1. The third-order valence-electron chi connectivity index (χ3n) is 5.32. The lowest BCUT2D eigenvalue weighted by Gasteiger charge is -2.38. The number of rotatable bonds is 6. The zero-order chi connectivity index (χ0) is 22.4. The molecule has 2 atom stereocenters. The molecule has 31 heavy (non-hydrogen) atoms. The first-order valence-electron chi connectivity index (χ1n) is 10.2. The highest BCUT2D eigenvalue weighted by Gasteiger charge is 2.28. The quantitative estimate of drug-likeness (QED) is 0.474. The highest BCUT2D eigenvalue weighted by molar-refractivity contribution is 9.10. The molecule has 0 bridgehead atoms. The van der Waals surface area contributed by atoms with Crippen molar-refractivity contribution in [1.29, 1.82) is 0 Å². The van der Waals surface area contributed by atoms with E-state index >= 15 is 0 Å². The number of phenols is 1. The Morgan fingerprint density at radius 3 is 2.55 bits per heavy atom. The van der Waals surface area contributed by atoms with Crippen molar-refractivity contribution in [1.82, 2.24) is 10.3 Å². The number of hydrogen-bond acceptors (Lipinski definition) is 5. The summed E-state index contributed by atoms with van der Waals surface area (Å²) in [6.45, 7) is 4.11. The van der Waals surface area contributed by atoms with Crippen molar-refractivity contribution < 1.29 is 19.4 Å². The van der Waals surface area contributed by atoms with Gasteiger partial charge >= 0.3 is 0 Å². The van der Waals surface area contributed by atoms with Crippen LogP contribution in [0.15, 0.2) is 52.0 Å². The Morgan fingerprint density at radius 2 is 1.87 bits per heavy atom. The van der Waals surface area contributed by atoms with Gasteiger partial charge in [0.1, 0.15) is 11.5 Å². The molecule has 8 heteroatoms. The molecular weight excluding hydrogens is 462 g/mol. The average molecular weight is 488 g/mol. The van der Waals surface area contributed by atoms with Crippen LogP contribution in [0.5, 0.6) is 11.5 Å². The average Bonchev–Trinajstić information content (AvgIpc) is 2.75. The number of benzene rings is 2. The molecule has 1 aliphatic rings. The van der Waals surface area contributed by atoms with Crippen LogP contribution in [0.2, 0.25) is 0 Å². The molecule has 3 rings (SSSR count). The summed E-state index contributed by atoms with van der Waals surface area (Å²) >= 11 is 3.31. The monoisotopic (exact) mass is 487 g/mol. The molecule has 0 spiro atoms. The molecule has 0 radical (unpaired) electrons. The van der Waals surface area contributed by atoms with Gasteiger partial charge in [0, 0.05) is 27.7 Å². The van der Waals surface area contributed by atoms with Crippen molar-refractivity contribution >= 4 is 34.0 Å². The molecule has 0 unspecified atom stereocenters. The SMILES string of the molecule is C[C@@H]1CCC[C@@H](C)N1C(=O)COc1ccc(C(=O)N/N=C\c2cc(Br)ccc2O)cc1. The van der Waals surface area contributed by atoms with E-state index in [0.717, 1.165) is 23.7 Å². The Morgan fingerprint density at radius 1 is 1.19 bits per heavy atom. The molecule has 2 amide bonds. The first kappa shape index (κ1) is 22.8. The summed E-state index contributed by atoms with van der Waals surface area (Å²) in [5.74, 6) is 0.159. The first-order chi connectivity index (χ1) is 14.8. The molecular formula is C23H26BrN3O4. The Balaban J connectivity index is 1.52. The lowest BCUT2D eigenvalue weighted by atomic mass is 9.97. The summed E-state index contributed by atoms with van der Waals surface area (Å²) in [7, 11) is 0. The number of phenolic OH excluding ortho intramolecular Hbond substituents is 1. The summed E-state index contributed by atoms with van der Waals surface area (Å²) < 4.78 is 6.42. The minimum atomic E-state index is -0.399. The molecule has 0 aliphatic carbocycles. The van der Waals surface area contributed by atoms with Crippen LogP contribution in [-0.4, -0.2) is 46.7 Å². The number of hydrogen-bond donors (Lipinski definition) is 2. The van der Waals surface area contributed by atoms with Gasteiger partial charge in [0.05, 0.1) is 6.21 Å². The van der Waals surface area contributed by atoms with Crippen LogP contribution in [0.3, 0.4) is 0 Å². The molecule has 1 fully saturated rings. The molecule has 2 N–H and O–H groups in total. The van der Waals surface area contributed by atoms with Gasteiger partial charge in [0.2, 0.25) is 0 Å². The molecule has 2 aromatic rings. The molecule has 1 aliphatic heterocycles. The summed E-state index contributed by atoms with van der Waals surface area (Å²) in [5.41, 5.74) is 3.29. The molecule has 0 saturated carbocycles. The predicted octanol–water partition coefficient (Wildman–Crippen LogP) is 4.09. The number of halogens is 1. The topological polar surface area (TPSA) is 91.2 Å². The van der Waals surface area contributed by atoms with E-state index in [9.17, 15) is 14.7 Å². The molecule has 2 aromatic carbocycles. The minimum Gasteiger partial charge on any atom is -0.507 e. The second-order valence-electron chi connectivity index (χ2n) is 7.65. The van der Waals surface area contributed by atoms with Crippen LogP contribution in [0.4, 0.5) is 0 Å². The maximum atomic E-state index is 12.5. The maximum Gasteiger partial charge on any atom is 0.271 e. The number of hydrazone groups is 1. The smallest absolute Gasteiger partial charge is 0.271 e. The molecule has 1 saturated heterocycles. The van der Waals surface area contributed by atoms with Crippen molar-refractivity contribution in [3.8, 4) is 11.5 Å². The number of carbonyl (C=O) groups is 2. The van der Waals surface area contributed by atoms with E-state index in [0.29, 0.717) is 16.9 Å². The van der Waals surface area contributed by atoms with Crippen molar-refractivity contribution in [2.45, 2.75) is 45.2 Å². The fourth-order valence-corrected chi connectivity index (χ4v) is 4.07. The van der Waals surface area contributed by atoms with Crippen molar-refractivity contribution in [2.75, 3.05) is 6.61 Å². The van der Waals surface area contributed by atoms with E-state index in [4.69, 9.17) is 4.74 Å². The van der Waals surface area contributed by atoms with Crippen LogP contribution in [0.1, 0.15) is 49.0 Å². The van der Waals surface area contributed by atoms with Gasteiger partial charge in [-0.25, -0.2) is 5.43 Å². The zero-order valence-electron chi connectivity index (χ0n) is 17.5. The number of nitrogens with zero attached hydrogens (tertiary/aromatic N) is 2.